The molecule has 1 rings (SSSR count). The van der Waals surface area contributed by atoms with Crippen LogP contribution in [-0.4, -0.2) is 24.2 Å². The first-order valence-electron chi connectivity index (χ1n) is 5.41. The molecule has 1 amide bonds. The topological polar surface area (TPSA) is 58.6 Å². The van der Waals surface area contributed by atoms with E-state index in [2.05, 4.69) is 5.32 Å². The maximum Gasteiger partial charge on any atom is 0.257 e. The molecule has 0 aromatic heterocycles. The van der Waals surface area contributed by atoms with E-state index in [0.717, 1.165) is 6.07 Å². The molecule has 0 bridgehead atoms. The number of hydrogen-bond donors (Lipinski definition) is 2. The Kier molecular flexibility index (Phi) is 4.90. The van der Waals surface area contributed by atoms with Gasteiger partial charge >= 0.3 is 0 Å². The highest BCUT2D eigenvalue weighted by Gasteiger charge is 2.09. The van der Waals surface area contributed by atoms with Crippen molar-refractivity contribution in [2.24, 2.45) is 0 Å². The number of aliphatic hydroxyl groups is 1. The van der Waals surface area contributed by atoms with Crippen LogP contribution in [0, 0.1) is 5.82 Å². The molecular formula is C12H16FNO3. The highest BCUT2D eigenvalue weighted by atomic mass is 19.1. The maximum absolute atomic E-state index is 13.4. The zero-order valence-corrected chi connectivity index (χ0v) is 9.87. The Labute approximate surface area is 99.4 Å². The second-order valence-electron chi connectivity index (χ2n) is 3.60. The number of ether oxygens (including phenoxy) is 1. The molecule has 0 aliphatic rings. The summed E-state index contributed by atoms with van der Waals surface area (Å²) in [6, 6.07) is 4.11. The number of aliphatic hydroxyl groups excluding tert-OH is 1. The summed E-state index contributed by atoms with van der Waals surface area (Å²) in [6.45, 7) is 3.65. The number of benzene rings is 1. The molecule has 1 unspecified atom stereocenters. The molecule has 0 aliphatic heterocycles. The second-order valence-corrected chi connectivity index (χ2v) is 3.60. The Morgan fingerprint density at radius 3 is 2.82 bits per heavy atom. The van der Waals surface area contributed by atoms with Crippen molar-refractivity contribution >= 4 is 5.91 Å². The van der Waals surface area contributed by atoms with Gasteiger partial charge in [-0.3, -0.25) is 4.79 Å². The van der Waals surface area contributed by atoms with Crippen molar-refractivity contribution < 1.29 is 19.0 Å². The highest BCUT2D eigenvalue weighted by Crippen LogP contribution is 2.21. The lowest BCUT2D eigenvalue weighted by Crippen LogP contribution is -2.28. The molecule has 1 atom stereocenters. The lowest BCUT2D eigenvalue weighted by atomic mass is 10.1. The Balaban J connectivity index is 2.62. The van der Waals surface area contributed by atoms with Crippen molar-refractivity contribution in [3.05, 3.63) is 29.6 Å². The third kappa shape index (κ3) is 4.03. The summed E-state index contributed by atoms with van der Waals surface area (Å²) in [5.41, 5.74) is 0.204. The summed E-state index contributed by atoms with van der Waals surface area (Å²) in [5.74, 6) is -0.543. The van der Waals surface area contributed by atoms with Gasteiger partial charge in [0.05, 0.1) is 6.10 Å². The van der Waals surface area contributed by atoms with E-state index in [1.54, 1.807) is 6.92 Å². The minimum atomic E-state index is -0.868. The van der Waals surface area contributed by atoms with Crippen molar-refractivity contribution in [2.45, 2.75) is 20.0 Å². The van der Waals surface area contributed by atoms with Crippen LogP contribution in [0.2, 0.25) is 0 Å². The molecule has 2 N–H and O–H groups in total. The first-order valence-corrected chi connectivity index (χ1v) is 5.41. The van der Waals surface area contributed by atoms with Crippen molar-refractivity contribution in [3.63, 3.8) is 0 Å². The van der Waals surface area contributed by atoms with Crippen LogP contribution >= 0.6 is 0 Å². The summed E-state index contributed by atoms with van der Waals surface area (Å²) >= 11 is 0. The number of halogens is 1. The van der Waals surface area contributed by atoms with Gasteiger partial charge < -0.3 is 15.2 Å². The molecule has 0 saturated heterocycles. The number of carbonyl (C=O) groups is 1. The maximum atomic E-state index is 13.4. The fourth-order valence-electron chi connectivity index (χ4n) is 1.33. The largest absolute Gasteiger partial charge is 0.484 e. The first kappa shape index (κ1) is 13.4. The quantitative estimate of drug-likeness (QED) is 0.819. The predicted octanol–water partition coefficient (Wildman–Crippen LogP) is 1.39. The van der Waals surface area contributed by atoms with Gasteiger partial charge in [0.25, 0.3) is 5.91 Å². The summed E-state index contributed by atoms with van der Waals surface area (Å²) in [4.78, 5) is 11.1. The molecule has 17 heavy (non-hydrogen) atoms. The zero-order valence-electron chi connectivity index (χ0n) is 9.87. The highest BCUT2D eigenvalue weighted by molar-refractivity contribution is 5.77. The van der Waals surface area contributed by atoms with Crippen molar-refractivity contribution in [1.29, 1.82) is 0 Å². The molecule has 4 nitrogen and oxygen atoms in total. The van der Waals surface area contributed by atoms with Gasteiger partial charge in [-0.15, -0.1) is 0 Å². The van der Waals surface area contributed by atoms with Gasteiger partial charge in [-0.1, -0.05) is 0 Å². The van der Waals surface area contributed by atoms with Gasteiger partial charge in [0.1, 0.15) is 11.6 Å². The van der Waals surface area contributed by atoms with E-state index in [9.17, 15) is 14.3 Å². The van der Waals surface area contributed by atoms with Gasteiger partial charge in [-0.05, 0) is 26.0 Å². The van der Waals surface area contributed by atoms with E-state index in [0.29, 0.717) is 6.54 Å². The number of nitrogens with one attached hydrogen (secondary N) is 1. The Hall–Kier alpha value is -1.62. The number of likely N-dealkylation sites (N-methyl/N-ethyl adjacent to an activating group) is 1. The number of rotatable bonds is 5. The third-order valence-corrected chi connectivity index (χ3v) is 2.17. The number of hydrogen-bond acceptors (Lipinski definition) is 3. The molecule has 5 heteroatoms. The van der Waals surface area contributed by atoms with Crippen molar-refractivity contribution in [3.8, 4) is 5.75 Å². The molecule has 0 saturated carbocycles. The summed E-state index contributed by atoms with van der Waals surface area (Å²) in [7, 11) is 0. The summed E-state index contributed by atoms with van der Waals surface area (Å²) in [5, 5.41) is 11.8. The minimum Gasteiger partial charge on any atom is -0.484 e. The second kappa shape index (κ2) is 6.20. The van der Waals surface area contributed by atoms with Crippen LogP contribution in [0.25, 0.3) is 0 Å². The summed E-state index contributed by atoms with van der Waals surface area (Å²) < 4.78 is 18.5. The van der Waals surface area contributed by atoms with Crippen LogP contribution in [0.5, 0.6) is 5.75 Å². The standard InChI is InChI=1S/C12H16FNO3/c1-3-14-12(16)7-17-9-4-5-10(8(2)15)11(13)6-9/h4-6,8,15H,3,7H2,1-2H3,(H,14,16). The van der Waals surface area contributed by atoms with Gasteiger partial charge in [0, 0.05) is 18.2 Å². The average Bonchev–Trinajstić information content (AvgIpc) is 2.26. The van der Waals surface area contributed by atoms with Crippen LogP contribution in [0.15, 0.2) is 18.2 Å². The Morgan fingerprint density at radius 1 is 1.59 bits per heavy atom. The van der Waals surface area contributed by atoms with E-state index in [-0.39, 0.29) is 23.8 Å². The third-order valence-electron chi connectivity index (χ3n) is 2.17. The lowest BCUT2D eigenvalue weighted by molar-refractivity contribution is -0.122. The molecule has 94 valence electrons. The van der Waals surface area contributed by atoms with Crippen LogP contribution in [0.1, 0.15) is 25.5 Å². The monoisotopic (exact) mass is 241 g/mol. The zero-order chi connectivity index (χ0) is 12.8. The fourth-order valence-corrected chi connectivity index (χ4v) is 1.33. The molecular weight excluding hydrogens is 225 g/mol. The normalized spacial score (nSPS) is 12.0. The fraction of sp³-hybridized carbons (Fsp3) is 0.417. The summed E-state index contributed by atoms with van der Waals surface area (Å²) in [6.07, 6.45) is -0.868. The van der Waals surface area contributed by atoms with E-state index in [1.165, 1.54) is 19.1 Å². The van der Waals surface area contributed by atoms with E-state index in [4.69, 9.17) is 4.74 Å². The minimum absolute atomic E-state index is 0.151. The van der Waals surface area contributed by atoms with Crippen LogP contribution in [0.4, 0.5) is 4.39 Å². The molecule has 0 spiro atoms. The molecule has 0 heterocycles. The van der Waals surface area contributed by atoms with Gasteiger partial charge in [0.15, 0.2) is 6.61 Å². The van der Waals surface area contributed by atoms with E-state index in [1.807, 2.05) is 0 Å². The SMILES string of the molecule is CCNC(=O)COc1ccc(C(C)O)c(F)c1. The van der Waals surface area contributed by atoms with Crippen LogP contribution in [-0.2, 0) is 4.79 Å². The van der Waals surface area contributed by atoms with Crippen molar-refractivity contribution in [1.82, 2.24) is 5.32 Å². The van der Waals surface area contributed by atoms with Gasteiger partial charge in [0.2, 0.25) is 0 Å². The van der Waals surface area contributed by atoms with Crippen LogP contribution < -0.4 is 10.1 Å². The average molecular weight is 241 g/mol. The van der Waals surface area contributed by atoms with E-state index >= 15 is 0 Å². The van der Waals surface area contributed by atoms with E-state index < -0.39 is 11.9 Å². The molecule has 1 aromatic rings. The van der Waals surface area contributed by atoms with Gasteiger partial charge in [-0.2, -0.15) is 0 Å². The first-order chi connectivity index (χ1) is 8.04. The molecule has 1 aromatic carbocycles. The predicted molar refractivity (Wildman–Crippen MR) is 61.2 cm³/mol. The number of carbonyl (C=O) groups excluding carboxylic acids is 1. The smallest absolute Gasteiger partial charge is 0.257 e. The Morgan fingerprint density at radius 2 is 2.29 bits per heavy atom. The lowest BCUT2D eigenvalue weighted by Gasteiger charge is -2.09. The van der Waals surface area contributed by atoms with Crippen molar-refractivity contribution in [2.75, 3.05) is 13.2 Å². The van der Waals surface area contributed by atoms with Crippen LogP contribution in [0.3, 0.4) is 0 Å². The number of amides is 1. The molecule has 0 fully saturated rings. The van der Waals surface area contributed by atoms with Gasteiger partial charge in [-0.25, -0.2) is 4.39 Å². The molecule has 0 aliphatic carbocycles. The Bertz CT molecular complexity index is 393. The molecule has 0 radical (unpaired) electrons.